The highest BCUT2D eigenvalue weighted by atomic mass is 32.1. The largest absolute Gasteiger partial charge is 0.495 e. The van der Waals surface area contributed by atoms with E-state index in [9.17, 15) is 4.79 Å². The number of ether oxygens (including phenoxy) is 1. The smallest absolute Gasteiger partial charge is 0.323 e. The van der Waals surface area contributed by atoms with Gasteiger partial charge in [-0.05, 0) is 68.0 Å². The van der Waals surface area contributed by atoms with Crippen LogP contribution in [-0.4, -0.2) is 22.6 Å². The molecular formula is C29H29N3O2S. The SMILES string of the molecule is COc1ccccc1NC(=O)N1Cc2c(sc3c2CCCC3)-n2cccc2[C@@H]1c1ccc(C)cc1. The summed E-state index contributed by atoms with van der Waals surface area (Å²) >= 11 is 1.91. The molecule has 1 aliphatic carbocycles. The Morgan fingerprint density at radius 3 is 2.63 bits per heavy atom. The molecule has 6 rings (SSSR count). The van der Waals surface area contributed by atoms with Crippen LogP contribution in [0.2, 0.25) is 0 Å². The van der Waals surface area contributed by atoms with Crippen molar-refractivity contribution in [3.8, 4) is 10.8 Å². The number of para-hydroxylation sites is 2. The Balaban J connectivity index is 1.50. The number of hydrogen-bond acceptors (Lipinski definition) is 3. The van der Waals surface area contributed by atoms with Gasteiger partial charge in [0, 0.05) is 16.6 Å². The lowest BCUT2D eigenvalue weighted by atomic mass is 9.95. The van der Waals surface area contributed by atoms with Crippen LogP contribution in [0.15, 0.2) is 66.9 Å². The maximum Gasteiger partial charge on any atom is 0.323 e. The Bertz CT molecular complexity index is 1390. The maximum atomic E-state index is 14.0. The first-order valence-corrected chi connectivity index (χ1v) is 13.0. The van der Waals surface area contributed by atoms with Crippen LogP contribution < -0.4 is 10.1 Å². The van der Waals surface area contributed by atoms with E-state index in [-0.39, 0.29) is 12.1 Å². The quantitative estimate of drug-likeness (QED) is 0.346. The molecule has 4 aromatic rings. The van der Waals surface area contributed by atoms with Gasteiger partial charge in [0.15, 0.2) is 0 Å². The van der Waals surface area contributed by atoms with Crippen LogP contribution in [0.5, 0.6) is 5.75 Å². The van der Waals surface area contributed by atoms with E-state index in [1.807, 2.05) is 40.5 Å². The van der Waals surface area contributed by atoms with Crippen molar-refractivity contribution in [1.29, 1.82) is 0 Å². The van der Waals surface area contributed by atoms with Crippen molar-refractivity contribution >= 4 is 23.1 Å². The predicted molar refractivity (Wildman–Crippen MR) is 141 cm³/mol. The lowest BCUT2D eigenvalue weighted by Gasteiger charge is -2.31. The first kappa shape index (κ1) is 22.0. The fourth-order valence-corrected chi connectivity index (χ4v) is 6.82. The molecule has 178 valence electrons. The Morgan fingerprint density at radius 2 is 1.80 bits per heavy atom. The zero-order valence-electron chi connectivity index (χ0n) is 20.1. The number of carbonyl (C=O) groups is 1. The lowest BCUT2D eigenvalue weighted by Crippen LogP contribution is -2.38. The van der Waals surface area contributed by atoms with Crippen LogP contribution in [0.25, 0.3) is 5.00 Å². The van der Waals surface area contributed by atoms with Crippen LogP contribution in [0.4, 0.5) is 10.5 Å². The van der Waals surface area contributed by atoms with Crippen molar-refractivity contribution in [3.05, 3.63) is 99.7 Å². The normalized spacial score (nSPS) is 16.6. The third kappa shape index (κ3) is 3.82. The van der Waals surface area contributed by atoms with Gasteiger partial charge >= 0.3 is 6.03 Å². The standard InChI is InChI=1S/C29H29N3O2S/c1-19-13-15-20(16-14-19)27-24-10-7-17-31(24)28-22(21-8-3-6-12-26(21)35-28)18-32(27)29(33)30-23-9-4-5-11-25(23)34-2/h4-5,7,9-11,13-17,27H,3,6,8,12,18H2,1-2H3,(H,30,33)/t27-/m0/s1. The number of methoxy groups -OCH3 is 1. The summed E-state index contributed by atoms with van der Waals surface area (Å²) in [5, 5.41) is 4.42. The summed E-state index contributed by atoms with van der Waals surface area (Å²) in [5.74, 6) is 0.652. The molecule has 2 aliphatic rings. The molecule has 1 atom stereocenters. The Labute approximate surface area is 210 Å². The number of nitrogens with zero attached hydrogens (tertiary/aromatic N) is 2. The van der Waals surface area contributed by atoms with Crippen molar-refractivity contribution in [2.45, 2.75) is 45.2 Å². The highest BCUT2D eigenvalue weighted by molar-refractivity contribution is 7.15. The van der Waals surface area contributed by atoms with Gasteiger partial charge in [-0.1, -0.05) is 42.0 Å². The molecule has 2 aromatic heterocycles. The number of aryl methyl sites for hydroxylation is 2. The van der Waals surface area contributed by atoms with Gasteiger partial charge in [0.1, 0.15) is 10.8 Å². The van der Waals surface area contributed by atoms with Crippen molar-refractivity contribution in [1.82, 2.24) is 9.47 Å². The first-order valence-electron chi connectivity index (χ1n) is 12.2. The van der Waals surface area contributed by atoms with Gasteiger partial charge in [-0.25, -0.2) is 4.79 Å². The summed E-state index contributed by atoms with van der Waals surface area (Å²) in [6, 6.07) is 20.0. The zero-order chi connectivity index (χ0) is 23.9. The van der Waals surface area contributed by atoms with Crippen molar-refractivity contribution in [3.63, 3.8) is 0 Å². The second-order valence-corrected chi connectivity index (χ2v) is 10.5. The molecular weight excluding hydrogens is 454 g/mol. The first-order chi connectivity index (χ1) is 17.1. The molecule has 2 amide bonds. The van der Waals surface area contributed by atoms with Gasteiger partial charge in [-0.15, -0.1) is 11.3 Å². The summed E-state index contributed by atoms with van der Waals surface area (Å²) in [7, 11) is 1.63. The van der Waals surface area contributed by atoms with E-state index in [1.165, 1.54) is 39.4 Å². The van der Waals surface area contributed by atoms with Gasteiger partial charge in [-0.2, -0.15) is 0 Å². The summed E-state index contributed by atoms with van der Waals surface area (Å²) in [6.45, 7) is 2.66. The average molecular weight is 484 g/mol. The fourth-order valence-electron chi connectivity index (χ4n) is 5.42. The molecule has 0 bridgehead atoms. The minimum Gasteiger partial charge on any atom is -0.495 e. The van der Waals surface area contributed by atoms with Crippen LogP contribution in [-0.2, 0) is 19.4 Å². The second-order valence-electron chi connectivity index (χ2n) is 9.37. The number of urea groups is 1. The highest BCUT2D eigenvalue weighted by Gasteiger charge is 2.36. The minimum atomic E-state index is -0.209. The molecule has 0 saturated heterocycles. The van der Waals surface area contributed by atoms with E-state index < -0.39 is 0 Å². The topological polar surface area (TPSA) is 46.5 Å². The number of anilines is 1. The fraction of sp³-hybridized carbons (Fsp3) is 0.276. The molecule has 0 saturated carbocycles. The minimum absolute atomic E-state index is 0.128. The van der Waals surface area contributed by atoms with Crippen molar-refractivity contribution < 1.29 is 9.53 Å². The van der Waals surface area contributed by atoms with Crippen LogP contribution >= 0.6 is 11.3 Å². The Morgan fingerprint density at radius 1 is 1.00 bits per heavy atom. The predicted octanol–water partition coefficient (Wildman–Crippen LogP) is 6.87. The summed E-state index contributed by atoms with van der Waals surface area (Å²) in [4.78, 5) is 17.5. The molecule has 35 heavy (non-hydrogen) atoms. The number of hydrogen-bond donors (Lipinski definition) is 1. The molecule has 5 nitrogen and oxygen atoms in total. The molecule has 1 N–H and O–H groups in total. The van der Waals surface area contributed by atoms with E-state index in [0.29, 0.717) is 18.0 Å². The van der Waals surface area contributed by atoms with Gasteiger partial charge in [0.05, 0.1) is 31.1 Å². The van der Waals surface area contributed by atoms with E-state index in [2.05, 4.69) is 59.4 Å². The third-order valence-corrected chi connectivity index (χ3v) is 8.51. The number of amides is 2. The van der Waals surface area contributed by atoms with E-state index in [4.69, 9.17) is 4.74 Å². The van der Waals surface area contributed by atoms with Crippen molar-refractivity contribution in [2.24, 2.45) is 0 Å². The van der Waals surface area contributed by atoms with Crippen LogP contribution in [0.1, 0.15) is 51.7 Å². The van der Waals surface area contributed by atoms with E-state index >= 15 is 0 Å². The van der Waals surface area contributed by atoms with E-state index in [0.717, 1.165) is 24.1 Å². The zero-order valence-corrected chi connectivity index (χ0v) is 20.9. The number of rotatable bonds is 3. The molecule has 0 unspecified atom stereocenters. The Hall–Kier alpha value is -3.51. The lowest BCUT2D eigenvalue weighted by molar-refractivity contribution is 0.194. The number of carbonyl (C=O) groups excluding carboxylic acids is 1. The van der Waals surface area contributed by atoms with Gasteiger partial charge in [0.2, 0.25) is 0 Å². The molecule has 0 fully saturated rings. The molecule has 2 aromatic carbocycles. The highest BCUT2D eigenvalue weighted by Crippen LogP contribution is 2.44. The third-order valence-electron chi connectivity index (χ3n) is 7.18. The second kappa shape index (κ2) is 8.93. The molecule has 1 aliphatic heterocycles. The molecule has 0 spiro atoms. The molecule has 3 heterocycles. The monoisotopic (exact) mass is 483 g/mol. The van der Waals surface area contributed by atoms with Gasteiger partial charge < -0.3 is 19.5 Å². The van der Waals surface area contributed by atoms with Crippen LogP contribution in [0.3, 0.4) is 0 Å². The summed E-state index contributed by atoms with van der Waals surface area (Å²) < 4.78 is 7.83. The van der Waals surface area contributed by atoms with Crippen molar-refractivity contribution in [2.75, 3.05) is 12.4 Å². The number of aromatic nitrogens is 1. The molecule has 0 radical (unpaired) electrons. The molecule has 6 heteroatoms. The van der Waals surface area contributed by atoms with E-state index in [1.54, 1.807) is 7.11 Å². The van der Waals surface area contributed by atoms with Gasteiger partial charge in [-0.3, -0.25) is 0 Å². The number of nitrogens with one attached hydrogen (secondary N) is 1. The summed E-state index contributed by atoms with van der Waals surface area (Å²) in [5.41, 5.74) is 6.85. The number of benzene rings is 2. The summed E-state index contributed by atoms with van der Waals surface area (Å²) in [6.07, 6.45) is 6.84. The number of fused-ring (bicyclic) bond motifs is 5. The average Bonchev–Trinajstić information content (AvgIpc) is 3.47. The van der Waals surface area contributed by atoms with Crippen LogP contribution in [0, 0.1) is 6.92 Å². The Kier molecular flexibility index (Phi) is 5.61. The maximum absolute atomic E-state index is 14.0. The van der Waals surface area contributed by atoms with Gasteiger partial charge in [0.25, 0.3) is 0 Å². The number of thiophene rings is 1.